The van der Waals surface area contributed by atoms with Crippen LogP contribution in [0.2, 0.25) is 0 Å². The van der Waals surface area contributed by atoms with E-state index in [-0.39, 0.29) is 11.7 Å². The molecule has 18 heavy (non-hydrogen) atoms. The molecule has 2 rings (SSSR count). The third kappa shape index (κ3) is 1.99. The van der Waals surface area contributed by atoms with Crippen molar-refractivity contribution in [1.82, 2.24) is 15.1 Å². The van der Waals surface area contributed by atoms with Crippen molar-refractivity contribution in [3.05, 3.63) is 47.0 Å². The van der Waals surface area contributed by atoms with Crippen molar-refractivity contribution in [3.63, 3.8) is 0 Å². The first-order chi connectivity index (χ1) is 8.54. The standard InChI is InChI=1S/C13H14FN3O/c1-8-12(13(18)15-3)9(2)17(16-8)11-6-4-10(14)5-7-11/h4-7H,1-3H3,(H,15,18). The Labute approximate surface area is 104 Å². The molecular weight excluding hydrogens is 233 g/mol. The summed E-state index contributed by atoms with van der Waals surface area (Å²) in [6.07, 6.45) is 0. The molecule has 94 valence electrons. The molecule has 0 saturated carbocycles. The molecular formula is C13H14FN3O. The fourth-order valence-corrected chi connectivity index (χ4v) is 1.93. The average Bonchev–Trinajstić information content (AvgIpc) is 2.65. The second-order valence-electron chi connectivity index (χ2n) is 4.01. The number of amides is 1. The minimum Gasteiger partial charge on any atom is -0.355 e. The van der Waals surface area contributed by atoms with E-state index in [4.69, 9.17) is 0 Å². The number of benzene rings is 1. The molecule has 0 aliphatic rings. The normalized spacial score (nSPS) is 10.4. The van der Waals surface area contributed by atoms with Gasteiger partial charge in [-0.2, -0.15) is 5.10 Å². The molecule has 1 aromatic carbocycles. The molecule has 1 aromatic heterocycles. The third-order valence-corrected chi connectivity index (χ3v) is 2.82. The Morgan fingerprint density at radius 2 is 1.89 bits per heavy atom. The Kier molecular flexibility index (Phi) is 3.14. The predicted octanol–water partition coefficient (Wildman–Crippen LogP) is 1.99. The van der Waals surface area contributed by atoms with Crippen LogP contribution in [0, 0.1) is 19.7 Å². The van der Waals surface area contributed by atoms with Gasteiger partial charge in [-0.05, 0) is 38.1 Å². The number of nitrogens with zero attached hydrogens (tertiary/aromatic N) is 2. The first kappa shape index (κ1) is 12.3. The van der Waals surface area contributed by atoms with E-state index < -0.39 is 0 Å². The molecule has 5 heteroatoms. The maximum absolute atomic E-state index is 12.9. The van der Waals surface area contributed by atoms with Crippen LogP contribution in [0.15, 0.2) is 24.3 Å². The smallest absolute Gasteiger partial charge is 0.254 e. The molecule has 4 nitrogen and oxygen atoms in total. The average molecular weight is 247 g/mol. The maximum Gasteiger partial charge on any atom is 0.254 e. The van der Waals surface area contributed by atoms with Crippen molar-refractivity contribution < 1.29 is 9.18 Å². The van der Waals surface area contributed by atoms with Crippen LogP contribution >= 0.6 is 0 Å². The van der Waals surface area contributed by atoms with Gasteiger partial charge in [-0.1, -0.05) is 0 Å². The predicted molar refractivity (Wildman–Crippen MR) is 66.4 cm³/mol. The fourth-order valence-electron chi connectivity index (χ4n) is 1.93. The Morgan fingerprint density at radius 1 is 1.28 bits per heavy atom. The van der Waals surface area contributed by atoms with Crippen LogP contribution in [0.25, 0.3) is 5.69 Å². The summed E-state index contributed by atoms with van der Waals surface area (Å²) < 4.78 is 14.5. The number of carbonyl (C=O) groups is 1. The molecule has 1 N–H and O–H groups in total. The van der Waals surface area contributed by atoms with Gasteiger partial charge in [0.25, 0.3) is 5.91 Å². The highest BCUT2D eigenvalue weighted by atomic mass is 19.1. The highest BCUT2D eigenvalue weighted by Gasteiger charge is 2.18. The van der Waals surface area contributed by atoms with E-state index in [0.717, 1.165) is 11.4 Å². The van der Waals surface area contributed by atoms with E-state index in [1.54, 1.807) is 30.8 Å². The SMILES string of the molecule is CNC(=O)c1c(C)nn(-c2ccc(F)cc2)c1C. The lowest BCUT2D eigenvalue weighted by atomic mass is 10.2. The summed E-state index contributed by atoms with van der Waals surface area (Å²) in [5, 5.41) is 6.90. The number of hydrogen-bond donors (Lipinski definition) is 1. The molecule has 0 bridgehead atoms. The lowest BCUT2D eigenvalue weighted by Gasteiger charge is -2.04. The number of aryl methyl sites for hydroxylation is 1. The van der Waals surface area contributed by atoms with Crippen LogP contribution in [-0.2, 0) is 0 Å². The summed E-state index contributed by atoms with van der Waals surface area (Å²) >= 11 is 0. The van der Waals surface area contributed by atoms with Crippen LogP contribution in [0.1, 0.15) is 21.7 Å². The maximum atomic E-state index is 12.9. The molecule has 0 saturated heterocycles. The Balaban J connectivity index is 2.53. The zero-order chi connectivity index (χ0) is 13.3. The molecule has 0 aliphatic heterocycles. The van der Waals surface area contributed by atoms with Crippen LogP contribution in [0.5, 0.6) is 0 Å². The second-order valence-corrected chi connectivity index (χ2v) is 4.01. The van der Waals surface area contributed by atoms with Gasteiger partial charge >= 0.3 is 0 Å². The summed E-state index contributed by atoms with van der Waals surface area (Å²) in [6, 6.07) is 5.99. The minimum atomic E-state index is -0.299. The van der Waals surface area contributed by atoms with Crippen molar-refractivity contribution in [2.24, 2.45) is 0 Å². The number of nitrogens with one attached hydrogen (secondary N) is 1. The quantitative estimate of drug-likeness (QED) is 0.882. The van der Waals surface area contributed by atoms with Crippen molar-refractivity contribution in [3.8, 4) is 5.69 Å². The number of rotatable bonds is 2. The third-order valence-electron chi connectivity index (χ3n) is 2.82. The minimum absolute atomic E-state index is 0.168. The van der Waals surface area contributed by atoms with Crippen molar-refractivity contribution in [2.75, 3.05) is 7.05 Å². The molecule has 0 spiro atoms. The number of halogens is 1. The molecule has 0 unspecified atom stereocenters. The van der Waals surface area contributed by atoms with Gasteiger partial charge in [-0.3, -0.25) is 4.79 Å². The molecule has 0 aliphatic carbocycles. The summed E-state index contributed by atoms with van der Waals surface area (Å²) in [5.74, 6) is -0.467. The monoisotopic (exact) mass is 247 g/mol. The zero-order valence-electron chi connectivity index (χ0n) is 10.5. The van der Waals surface area contributed by atoms with Crippen molar-refractivity contribution in [1.29, 1.82) is 0 Å². The van der Waals surface area contributed by atoms with Gasteiger partial charge in [-0.25, -0.2) is 9.07 Å². The van der Waals surface area contributed by atoms with E-state index in [0.29, 0.717) is 11.3 Å². The van der Waals surface area contributed by atoms with Crippen molar-refractivity contribution >= 4 is 5.91 Å². The van der Waals surface area contributed by atoms with E-state index >= 15 is 0 Å². The zero-order valence-corrected chi connectivity index (χ0v) is 10.5. The lowest BCUT2D eigenvalue weighted by Crippen LogP contribution is -2.19. The van der Waals surface area contributed by atoms with E-state index in [1.165, 1.54) is 12.1 Å². The van der Waals surface area contributed by atoms with E-state index in [2.05, 4.69) is 10.4 Å². The van der Waals surface area contributed by atoms with Crippen LogP contribution < -0.4 is 5.32 Å². The fraction of sp³-hybridized carbons (Fsp3) is 0.231. The summed E-state index contributed by atoms with van der Waals surface area (Å²) in [7, 11) is 1.58. The lowest BCUT2D eigenvalue weighted by molar-refractivity contribution is 0.0962. The van der Waals surface area contributed by atoms with Crippen molar-refractivity contribution in [2.45, 2.75) is 13.8 Å². The molecule has 2 aromatic rings. The second kappa shape index (κ2) is 4.60. The highest BCUT2D eigenvalue weighted by Crippen LogP contribution is 2.18. The Bertz CT molecular complexity index is 587. The van der Waals surface area contributed by atoms with Gasteiger partial charge in [-0.15, -0.1) is 0 Å². The first-order valence-electron chi connectivity index (χ1n) is 5.59. The molecule has 0 atom stereocenters. The Morgan fingerprint density at radius 3 is 2.44 bits per heavy atom. The number of hydrogen-bond acceptors (Lipinski definition) is 2. The highest BCUT2D eigenvalue weighted by molar-refractivity contribution is 5.96. The van der Waals surface area contributed by atoms with Gasteiger partial charge in [0.2, 0.25) is 0 Å². The van der Waals surface area contributed by atoms with Crippen LogP contribution in [-0.4, -0.2) is 22.7 Å². The number of aromatic nitrogens is 2. The van der Waals surface area contributed by atoms with E-state index in [9.17, 15) is 9.18 Å². The van der Waals surface area contributed by atoms with Gasteiger partial charge in [0.1, 0.15) is 5.82 Å². The summed E-state index contributed by atoms with van der Waals surface area (Å²) in [4.78, 5) is 11.7. The topological polar surface area (TPSA) is 46.9 Å². The Hall–Kier alpha value is -2.17. The van der Waals surface area contributed by atoms with Crippen LogP contribution in [0.4, 0.5) is 4.39 Å². The molecule has 0 radical (unpaired) electrons. The van der Waals surface area contributed by atoms with E-state index in [1.807, 2.05) is 6.92 Å². The van der Waals surface area contributed by atoms with Gasteiger partial charge in [0.05, 0.1) is 22.6 Å². The molecule has 1 heterocycles. The summed E-state index contributed by atoms with van der Waals surface area (Å²) in [6.45, 7) is 3.59. The van der Waals surface area contributed by atoms with Gasteiger partial charge in [0, 0.05) is 7.05 Å². The van der Waals surface area contributed by atoms with Gasteiger partial charge < -0.3 is 5.32 Å². The molecule has 1 amide bonds. The molecule has 0 fully saturated rings. The van der Waals surface area contributed by atoms with Crippen LogP contribution in [0.3, 0.4) is 0 Å². The largest absolute Gasteiger partial charge is 0.355 e. The first-order valence-corrected chi connectivity index (χ1v) is 5.59. The number of carbonyl (C=O) groups excluding carboxylic acids is 1. The summed E-state index contributed by atoms with van der Waals surface area (Å²) in [5.41, 5.74) is 2.67. The van der Waals surface area contributed by atoms with Gasteiger partial charge in [0.15, 0.2) is 0 Å².